The van der Waals surface area contributed by atoms with E-state index in [1.807, 2.05) is 11.6 Å². The zero-order valence-electron chi connectivity index (χ0n) is 12.7. The summed E-state index contributed by atoms with van der Waals surface area (Å²) in [6.07, 6.45) is 6.40. The van der Waals surface area contributed by atoms with Gasteiger partial charge in [-0.15, -0.1) is 11.3 Å². The Balaban J connectivity index is 1.28. The normalized spacial score (nSPS) is 31.9. The van der Waals surface area contributed by atoms with Crippen LogP contribution in [0, 0.1) is 11.8 Å². The van der Waals surface area contributed by atoms with Crippen molar-refractivity contribution < 1.29 is 9.53 Å². The lowest BCUT2D eigenvalue weighted by Crippen LogP contribution is -2.42. The molecule has 2 aliphatic heterocycles. The largest absolute Gasteiger partial charge is 0.364 e. The Morgan fingerprint density at radius 2 is 2.36 bits per heavy atom. The van der Waals surface area contributed by atoms with Crippen LogP contribution in [-0.4, -0.2) is 47.6 Å². The zero-order valence-corrected chi connectivity index (χ0v) is 13.6. The van der Waals surface area contributed by atoms with Gasteiger partial charge in [-0.3, -0.25) is 9.69 Å². The van der Waals surface area contributed by atoms with E-state index >= 15 is 0 Å². The van der Waals surface area contributed by atoms with Gasteiger partial charge in [0.25, 0.3) is 0 Å². The van der Waals surface area contributed by atoms with Gasteiger partial charge in [0, 0.05) is 24.7 Å². The van der Waals surface area contributed by atoms with Gasteiger partial charge in [-0.2, -0.15) is 0 Å². The summed E-state index contributed by atoms with van der Waals surface area (Å²) in [6.45, 7) is 3.75. The molecule has 4 rings (SSSR count). The second kappa shape index (κ2) is 6.26. The standard InChI is InChI=1S/C16H23N3O2S/c20-16(18-8-11-1-2-11)13-7-12-3-5-19(9-14(12)21-13)10-15-17-4-6-22-15/h4,6,11-14H,1-3,5,7-10H2,(H,18,20)/t12-,13-,14-/m0/s1. The fourth-order valence-electron chi connectivity index (χ4n) is 3.51. The molecule has 3 fully saturated rings. The average Bonchev–Trinajstić information content (AvgIpc) is 3.03. The minimum absolute atomic E-state index is 0.104. The molecule has 1 amide bonds. The maximum absolute atomic E-state index is 12.2. The summed E-state index contributed by atoms with van der Waals surface area (Å²) >= 11 is 1.70. The Hall–Kier alpha value is -0.980. The number of nitrogens with zero attached hydrogens (tertiary/aromatic N) is 2. The molecule has 0 unspecified atom stereocenters. The Labute approximate surface area is 135 Å². The molecule has 0 aromatic carbocycles. The fraction of sp³-hybridized carbons (Fsp3) is 0.750. The van der Waals surface area contributed by atoms with Crippen LogP contribution in [0.15, 0.2) is 11.6 Å². The molecule has 0 spiro atoms. The van der Waals surface area contributed by atoms with Crippen LogP contribution in [0.25, 0.3) is 0 Å². The number of carbonyl (C=O) groups is 1. The van der Waals surface area contributed by atoms with E-state index in [0.29, 0.717) is 5.92 Å². The smallest absolute Gasteiger partial charge is 0.249 e. The molecule has 5 nitrogen and oxygen atoms in total. The molecule has 1 saturated carbocycles. The van der Waals surface area contributed by atoms with Crippen molar-refractivity contribution in [2.75, 3.05) is 19.6 Å². The molecule has 1 aromatic heterocycles. The number of carbonyl (C=O) groups excluding carboxylic acids is 1. The van der Waals surface area contributed by atoms with Gasteiger partial charge in [-0.25, -0.2) is 4.98 Å². The predicted octanol–water partition coefficient (Wildman–Crippen LogP) is 1.65. The van der Waals surface area contributed by atoms with E-state index < -0.39 is 0 Å². The molecule has 2 saturated heterocycles. The number of ether oxygens (including phenoxy) is 1. The van der Waals surface area contributed by atoms with Gasteiger partial charge in [0.05, 0.1) is 12.6 Å². The summed E-state index contributed by atoms with van der Waals surface area (Å²) in [5.74, 6) is 1.37. The van der Waals surface area contributed by atoms with Gasteiger partial charge in [-0.1, -0.05) is 0 Å². The number of amides is 1. The van der Waals surface area contributed by atoms with Crippen molar-refractivity contribution in [2.24, 2.45) is 11.8 Å². The highest BCUT2D eigenvalue weighted by Crippen LogP contribution is 2.34. The number of hydrogen-bond donors (Lipinski definition) is 1. The Morgan fingerprint density at radius 1 is 1.45 bits per heavy atom. The maximum Gasteiger partial charge on any atom is 0.249 e. The number of rotatable bonds is 5. The van der Waals surface area contributed by atoms with Crippen LogP contribution in [0.1, 0.15) is 30.7 Å². The molecule has 22 heavy (non-hydrogen) atoms. The van der Waals surface area contributed by atoms with E-state index in [1.54, 1.807) is 11.3 Å². The second-order valence-electron chi connectivity index (χ2n) is 6.80. The Morgan fingerprint density at radius 3 is 3.14 bits per heavy atom. The van der Waals surface area contributed by atoms with Gasteiger partial charge in [0.15, 0.2) is 0 Å². The molecule has 3 aliphatic rings. The van der Waals surface area contributed by atoms with E-state index in [9.17, 15) is 4.79 Å². The van der Waals surface area contributed by atoms with Crippen molar-refractivity contribution in [1.82, 2.24) is 15.2 Å². The highest BCUT2D eigenvalue weighted by atomic mass is 32.1. The summed E-state index contributed by atoms with van der Waals surface area (Å²) in [4.78, 5) is 19.0. The number of aromatic nitrogens is 1. The van der Waals surface area contributed by atoms with Crippen molar-refractivity contribution in [3.63, 3.8) is 0 Å². The molecule has 3 heterocycles. The van der Waals surface area contributed by atoms with Crippen LogP contribution in [0.5, 0.6) is 0 Å². The van der Waals surface area contributed by atoms with Gasteiger partial charge >= 0.3 is 0 Å². The highest BCUT2D eigenvalue weighted by molar-refractivity contribution is 7.09. The minimum Gasteiger partial charge on any atom is -0.364 e. The maximum atomic E-state index is 12.2. The topological polar surface area (TPSA) is 54.5 Å². The first-order chi connectivity index (χ1) is 10.8. The third kappa shape index (κ3) is 3.34. The molecule has 0 bridgehead atoms. The number of fused-ring (bicyclic) bond motifs is 1. The Kier molecular flexibility index (Phi) is 4.15. The second-order valence-corrected chi connectivity index (χ2v) is 7.78. The first-order valence-corrected chi connectivity index (χ1v) is 9.20. The molecule has 3 atom stereocenters. The van der Waals surface area contributed by atoms with E-state index in [2.05, 4.69) is 15.2 Å². The van der Waals surface area contributed by atoms with Crippen molar-refractivity contribution in [3.8, 4) is 0 Å². The zero-order chi connectivity index (χ0) is 14.9. The third-order valence-corrected chi connectivity index (χ3v) is 5.80. The monoisotopic (exact) mass is 321 g/mol. The predicted molar refractivity (Wildman–Crippen MR) is 84.5 cm³/mol. The summed E-state index contributed by atoms with van der Waals surface area (Å²) in [6, 6.07) is 0. The van der Waals surface area contributed by atoms with Crippen LogP contribution < -0.4 is 5.32 Å². The van der Waals surface area contributed by atoms with Crippen molar-refractivity contribution in [3.05, 3.63) is 16.6 Å². The average molecular weight is 321 g/mol. The van der Waals surface area contributed by atoms with Gasteiger partial charge in [0.2, 0.25) is 5.91 Å². The lowest BCUT2D eigenvalue weighted by atomic mass is 9.91. The van der Waals surface area contributed by atoms with E-state index in [0.717, 1.165) is 49.9 Å². The molecule has 6 heteroatoms. The minimum atomic E-state index is -0.228. The number of piperidine rings is 1. The first kappa shape index (κ1) is 14.6. The van der Waals surface area contributed by atoms with Crippen LogP contribution in [0.3, 0.4) is 0 Å². The summed E-state index contributed by atoms with van der Waals surface area (Å²) in [7, 11) is 0. The van der Waals surface area contributed by atoms with E-state index in [-0.39, 0.29) is 18.1 Å². The molecule has 0 radical (unpaired) electrons. The molecule has 1 N–H and O–H groups in total. The fourth-order valence-corrected chi connectivity index (χ4v) is 4.17. The van der Waals surface area contributed by atoms with Crippen molar-refractivity contribution >= 4 is 17.2 Å². The van der Waals surface area contributed by atoms with Crippen LogP contribution in [0.4, 0.5) is 0 Å². The van der Waals surface area contributed by atoms with Crippen molar-refractivity contribution in [2.45, 2.75) is 44.4 Å². The van der Waals surface area contributed by atoms with Crippen LogP contribution in [-0.2, 0) is 16.1 Å². The van der Waals surface area contributed by atoms with E-state index in [1.165, 1.54) is 12.8 Å². The quantitative estimate of drug-likeness (QED) is 0.896. The molecular weight excluding hydrogens is 298 g/mol. The summed E-state index contributed by atoms with van der Waals surface area (Å²) in [5.41, 5.74) is 0. The number of hydrogen-bond acceptors (Lipinski definition) is 5. The van der Waals surface area contributed by atoms with E-state index in [4.69, 9.17) is 4.74 Å². The van der Waals surface area contributed by atoms with Gasteiger partial charge in [0.1, 0.15) is 11.1 Å². The Bertz CT molecular complexity index is 517. The summed E-state index contributed by atoms with van der Waals surface area (Å²) in [5, 5.41) is 6.24. The van der Waals surface area contributed by atoms with Crippen LogP contribution in [0.2, 0.25) is 0 Å². The molecule has 1 aliphatic carbocycles. The lowest BCUT2D eigenvalue weighted by molar-refractivity contribution is -0.132. The number of nitrogens with one attached hydrogen (secondary N) is 1. The molecule has 120 valence electrons. The number of thiazole rings is 1. The van der Waals surface area contributed by atoms with Crippen molar-refractivity contribution in [1.29, 1.82) is 0 Å². The molecule has 1 aromatic rings. The summed E-state index contributed by atoms with van der Waals surface area (Å²) < 4.78 is 6.06. The third-order valence-electron chi connectivity index (χ3n) is 5.03. The van der Waals surface area contributed by atoms with Gasteiger partial charge < -0.3 is 10.1 Å². The SMILES string of the molecule is O=C(NCC1CC1)[C@@H]1C[C@@H]2CCN(Cc3nccs3)C[C@@H]2O1. The number of likely N-dealkylation sites (tertiary alicyclic amines) is 1. The highest BCUT2D eigenvalue weighted by Gasteiger charge is 2.42. The lowest BCUT2D eigenvalue weighted by Gasteiger charge is -2.33. The van der Waals surface area contributed by atoms with Gasteiger partial charge in [-0.05, 0) is 44.1 Å². The first-order valence-electron chi connectivity index (χ1n) is 8.32. The molecular formula is C16H23N3O2S. The van der Waals surface area contributed by atoms with Crippen LogP contribution >= 0.6 is 11.3 Å².